The first-order chi connectivity index (χ1) is 9.44. The molecule has 0 spiro atoms. The molecule has 1 amide bonds. The standard InChI is InChI=1S/C15H23NO3S/c1-20(18,19)15(7-2-8-15)14(17)16-9-12(10-3-4-10)13(16)11-5-6-11/h10-13H,2-9H2,1H3. The predicted molar refractivity (Wildman–Crippen MR) is 75.9 cm³/mol. The molecule has 0 aromatic carbocycles. The first kappa shape index (κ1) is 13.1. The minimum Gasteiger partial charge on any atom is -0.337 e. The normalized spacial score (nSPS) is 36.1. The number of carbonyl (C=O) groups is 1. The summed E-state index contributed by atoms with van der Waals surface area (Å²) in [5.74, 6) is 2.08. The second-order valence-electron chi connectivity index (χ2n) is 7.41. The van der Waals surface area contributed by atoms with Crippen molar-refractivity contribution in [3.05, 3.63) is 0 Å². The van der Waals surface area contributed by atoms with Crippen molar-refractivity contribution in [1.82, 2.24) is 4.90 Å². The maximum Gasteiger partial charge on any atom is 0.244 e. The van der Waals surface area contributed by atoms with Crippen LogP contribution in [0.5, 0.6) is 0 Å². The fraction of sp³-hybridized carbons (Fsp3) is 0.933. The molecule has 0 radical (unpaired) electrons. The van der Waals surface area contributed by atoms with Gasteiger partial charge in [0.2, 0.25) is 5.91 Å². The average Bonchev–Trinajstić information content (AvgIpc) is 3.05. The maximum absolute atomic E-state index is 12.9. The highest BCUT2D eigenvalue weighted by molar-refractivity contribution is 7.93. The van der Waals surface area contributed by atoms with E-state index in [0.717, 1.165) is 18.9 Å². The van der Waals surface area contributed by atoms with E-state index in [2.05, 4.69) is 0 Å². The van der Waals surface area contributed by atoms with Crippen LogP contribution < -0.4 is 0 Å². The Balaban J connectivity index is 1.56. The van der Waals surface area contributed by atoms with Crippen LogP contribution in [0, 0.1) is 17.8 Å². The highest BCUT2D eigenvalue weighted by Gasteiger charge is 2.61. The molecule has 5 heteroatoms. The number of nitrogens with zero attached hydrogens (tertiary/aromatic N) is 1. The van der Waals surface area contributed by atoms with Gasteiger partial charge in [-0.1, -0.05) is 0 Å². The smallest absolute Gasteiger partial charge is 0.244 e. The molecule has 0 aromatic rings. The molecule has 1 saturated heterocycles. The van der Waals surface area contributed by atoms with Crippen molar-refractivity contribution >= 4 is 15.7 Å². The lowest BCUT2D eigenvalue weighted by Gasteiger charge is -2.53. The molecule has 3 saturated carbocycles. The van der Waals surface area contributed by atoms with E-state index >= 15 is 0 Å². The molecule has 4 rings (SSSR count). The summed E-state index contributed by atoms with van der Waals surface area (Å²) in [6, 6.07) is 0.370. The van der Waals surface area contributed by atoms with Crippen LogP contribution in [0.15, 0.2) is 0 Å². The number of rotatable bonds is 4. The van der Waals surface area contributed by atoms with E-state index < -0.39 is 14.6 Å². The van der Waals surface area contributed by atoms with Gasteiger partial charge >= 0.3 is 0 Å². The van der Waals surface area contributed by atoms with E-state index in [4.69, 9.17) is 0 Å². The Labute approximate surface area is 120 Å². The van der Waals surface area contributed by atoms with Crippen molar-refractivity contribution in [2.24, 2.45) is 17.8 Å². The van der Waals surface area contributed by atoms with Crippen LogP contribution in [0.1, 0.15) is 44.9 Å². The van der Waals surface area contributed by atoms with E-state index in [1.165, 1.54) is 31.9 Å². The highest BCUT2D eigenvalue weighted by Crippen LogP contribution is 2.54. The third kappa shape index (κ3) is 1.71. The fourth-order valence-electron chi connectivity index (χ4n) is 4.27. The number of likely N-dealkylation sites (tertiary alicyclic amines) is 1. The summed E-state index contributed by atoms with van der Waals surface area (Å²) in [5, 5.41) is 0. The van der Waals surface area contributed by atoms with Crippen molar-refractivity contribution in [2.75, 3.05) is 12.8 Å². The van der Waals surface area contributed by atoms with E-state index in [0.29, 0.717) is 30.7 Å². The second-order valence-corrected chi connectivity index (χ2v) is 9.73. The zero-order valence-electron chi connectivity index (χ0n) is 12.0. The van der Waals surface area contributed by atoms with E-state index in [1.807, 2.05) is 4.90 Å². The van der Waals surface area contributed by atoms with Crippen LogP contribution in [0.25, 0.3) is 0 Å². The van der Waals surface area contributed by atoms with Gasteiger partial charge in [-0.3, -0.25) is 4.79 Å². The lowest BCUT2D eigenvalue weighted by molar-refractivity contribution is -0.151. The SMILES string of the molecule is CS(=O)(=O)C1(C(=O)N2CC(C3CC3)C2C2CC2)CCC1. The van der Waals surface area contributed by atoms with Gasteiger partial charge in [-0.15, -0.1) is 0 Å². The molecule has 0 N–H and O–H groups in total. The molecule has 0 aromatic heterocycles. The summed E-state index contributed by atoms with van der Waals surface area (Å²) >= 11 is 0. The number of hydrogen-bond donors (Lipinski definition) is 0. The molecule has 2 unspecified atom stereocenters. The minimum absolute atomic E-state index is 0.0694. The van der Waals surface area contributed by atoms with Gasteiger partial charge in [0.25, 0.3) is 0 Å². The molecule has 4 fully saturated rings. The fourth-order valence-corrected chi connectivity index (χ4v) is 5.73. The van der Waals surface area contributed by atoms with Gasteiger partial charge in [0.1, 0.15) is 0 Å². The van der Waals surface area contributed by atoms with E-state index in [-0.39, 0.29) is 5.91 Å². The van der Waals surface area contributed by atoms with Gasteiger partial charge in [-0.25, -0.2) is 8.42 Å². The third-order valence-electron chi connectivity index (χ3n) is 6.06. The lowest BCUT2D eigenvalue weighted by atomic mass is 9.76. The first-order valence-corrected chi connectivity index (χ1v) is 9.84. The van der Waals surface area contributed by atoms with Crippen molar-refractivity contribution in [2.45, 2.75) is 55.7 Å². The quantitative estimate of drug-likeness (QED) is 0.792. The number of carbonyl (C=O) groups excluding carboxylic acids is 1. The Morgan fingerprint density at radius 1 is 1.10 bits per heavy atom. The Morgan fingerprint density at radius 2 is 1.70 bits per heavy atom. The molecule has 2 atom stereocenters. The van der Waals surface area contributed by atoms with Crippen molar-refractivity contribution in [3.63, 3.8) is 0 Å². The summed E-state index contributed by atoms with van der Waals surface area (Å²) in [6.45, 7) is 0.821. The number of sulfone groups is 1. The Kier molecular flexibility index (Phi) is 2.62. The minimum atomic E-state index is -3.29. The molecule has 112 valence electrons. The van der Waals surface area contributed by atoms with Gasteiger partial charge < -0.3 is 4.90 Å². The molecule has 1 aliphatic heterocycles. The average molecular weight is 297 g/mol. The van der Waals surface area contributed by atoms with Gasteiger partial charge in [0, 0.05) is 24.8 Å². The topological polar surface area (TPSA) is 54.5 Å². The van der Waals surface area contributed by atoms with Gasteiger partial charge in [-0.05, 0) is 56.8 Å². The molecule has 1 heterocycles. The number of amides is 1. The molecule has 0 bridgehead atoms. The van der Waals surface area contributed by atoms with Gasteiger partial charge in [0.15, 0.2) is 14.6 Å². The van der Waals surface area contributed by atoms with Crippen LogP contribution in [-0.4, -0.2) is 42.8 Å². The summed E-state index contributed by atoms with van der Waals surface area (Å²) in [4.78, 5) is 14.8. The van der Waals surface area contributed by atoms with E-state index in [9.17, 15) is 13.2 Å². The van der Waals surface area contributed by atoms with Crippen molar-refractivity contribution in [1.29, 1.82) is 0 Å². The van der Waals surface area contributed by atoms with E-state index in [1.54, 1.807) is 0 Å². The number of hydrogen-bond acceptors (Lipinski definition) is 3. The van der Waals surface area contributed by atoms with Crippen LogP contribution in [-0.2, 0) is 14.6 Å². The Bertz CT molecular complexity index is 543. The highest BCUT2D eigenvalue weighted by atomic mass is 32.2. The maximum atomic E-state index is 12.9. The Morgan fingerprint density at radius 3 is 2.10 bits per heavy atom. The third-order valence-corrected chi connectivity index (χ3v) is 8.06. The molecular weight excluding hydrogens is 274 g/mol. The molecular formula is C15H23NO3S. The first-order valence-electron chi connectivity index (χ1n) is 7.95. The molecule has 4 aliphatic rings. The zero-order valence-corrected chi connectivity index (χ0v) is 12.9. The summed E-state index contributed by atoms with van der Waals surface area (Å²) in [6.07, 6.45) is 8.26. The van der Waals surface area contributed by atoms with Crippen LogP contribution in [0.3, 0.4) is 0 Å². The molecule has 4 nitrogen and oxygen atoms in total. The lowest BCUT2D eigenvalue weighted by Crippen LogP contribution is -2.68. The van der Waals surface area contributed by atoms with Crippen molar-refractivity contribution in [3.8, 4) is 0 Å². The molecule has 3 aliphatic carbocycles. The predicted octanol–water partition coefficient (Wildman–Crippen LogP) is 1.60. The second kappa shape index (κ2) is 3.99. The van der Waals surface area contributed by atoms with Crippen molar-refractivity contribution < 1.29 is 13.2 Å². The van der Waals surface area contributed by atoms with Crippen LogP contribution in [0.2, 0.25) is 0 Å². The molecule has 20 heavy (non-hydrogen) atoms. The van der Waals surface area contributed by atoms with Gasteiger partial charge in [0.05, 0.1) is 0 Å². The zero-order chi connectivity index (χ0) is 14.1. The van der Waals surface area contributed by atoms with Crippen LogP contribution in [0.4, 0.5) is 0 Å². The monoisotopic (exact) mass is 297 g/mol. The summed E-state index contributed by atoms with van der Waals surface area (Å²) in [7, 11) is -3.29. The summed E-state index contributed by atoms with van der Waals surface area (Å²) in [5.41, 5.74) is 0. The Hall–Kier alpha value is -0.580. The van der Waals surface area contributed by atoms with Crippen LogP contribution >= 0.6 is 0 Å². The largest absolute Gasteiger partial charge is 0.337 e. The summed E-state index contributed by atoms with van der Waals surface area (Å²) < 4.78 is 23.1. The van der Waals surface area contributed by atoms with Gasteiger partial charge in [-0.2, -0.15) is 0 Å².